The summed E-state index contributed by atoms with van der Waals surface area (Å²) in [4.78, 5) is 28.4. The lowest BCUT2D eigenvalue weighted by atomic mass is 10.3. The van der Waals surface area contributed by atoms with E-state index < -0.39 is 5.97 Å². The molecule has 0 unspecified atom stereocenters. The first-order valence-electron chi connectivity index (χ1n) is 4.45. The maximum Gasteiger partial charge on any atom is 0.311 e. The molecule has 0 fully saturated rings. The summed E-state index contributed by atoms with van der Waals surface area (Å²) in [5.74, 6) is -0.419. The van der Waals surface area contributed by atoms with Crippen LogP contribution in [0.1, 0.15) is 12.6 Å². The lowest BCUT2D eigenvalue weighted by molar-refractivity contribution is -0.142. The average Bonchev–Trinajstić information content (AvgIpc) is 2.17. The van der Waals surface area contributed by atoms with Gasteiger partial charge >= 0.3 is 5.97 Å². The highest BCUT2D eigenvalue weighted by atomic mass is 16.5. The number of ether oxygens (including phenoxy) is 2. The second kappa shape index (κ2) is 5.14. The van der Waals surface area contributed by atoms with Gasteiger partial charge in [-0.2, -0.15) is 0 Å². The molecule has 0 radical (unpaired) electrons. The Labute approximate surface area is 86.2 Å². The first kappa shape index (κ1) is 11.2. The summed E-state index contributed by atoms with van der Waals surface area (Å²) >= 11 is 0. The predicted molar refractivity (Wildman–Crippen MR) is 51.7 cm³/mol. The Kier molecular flexibility index (Phi) is 3.84. The maximum absolute atomic E-state index is 11.1. The summed E-state index contributed by atoms with van der Waals surface area (Å²) in [5, 5.41) is 0. The van der Waals surface area contributed by atoms with Crippen molar-refractivity contribution in [3.05, 3.63) is 22.1 Å². The molecule has 0 amide bonds. The monoisotopic (exact) mass is 212 g/mol. The van der Waals surface area contributed by atoms with Gasteiger partial charge in [0.15, 0.2) is 0 Å². The Balaban J connectivity index is 2.81. The van der Waals surface area contributed by atoms with E-state index in [1.807, 2.05) is 0 Å². The molecule has 0 bridgehead atoms. The Morgan fingerprint density at radius 1 is 1.60 bits per heavy atom. The summed E-state index contributed by atoms with van der Waals surface area (Å²) in [6, 6.07) is 1.32. The van der Waals surface area contributed by atoms with Crippen molar-refractivity contribution in [2.75, 3.05) is 13.7 Å². The predicted octanol–water partition coefficient (Wildman–Crippen LogP) is -0.116. The summed E-state index contributed by atoms with van der Waals surface area (Å²) in [6.45, 7) is 2.02. The molecule has 0 spiro atoms. The van der Waals surface area contributed by atoms with E-state index in [0.717, 1.165) is 0 Å². The van der Waals surface area contributed by atoms with Crippen molar-refractivity contribution in [1.82, 2.24) is 9.97 Å². The number of aromatic amines is 1. The van der Waals surface area contributed by atoms with Crippen LogP contribution in [0.2, 0.25) is 0 Å². The largest absolute Gasteiger partial charge is 0.468 e. The van der Waals surface area contributed by atoms with Gasteiger partial charge in [-0.25, -0.2) is 4.98 Å². The van der Waals surface area contributed by atoms with Crippen molar-refractivity contribution in [2.45, 2.75) is 13.3 Å². The zero-order chi connectivity index (χ0) is 11.3. The smallest absolute Gasteiger partial charge is 0.311 e. The van der Waals surface area contributed by atoms with Crippen LogP contribution in [0.15, 0.2) is 10.9 Å². The molecular weight excluding hydrogens is 200 g/mol. The van der Waals surface area contributed by atoms with Gasteiger partial charge in [-0.15, -0.1) is 0 Å². The standard InChI is InChI=1S/C9H12N2O4/c1-3-15-8(13)5-6-4-7(12)11-9(10-6)14-2/h4H,3,5H2,1-2H3,(H,10,11,12). The van der Waals surface area contributed by atoms with Crippen molar-refractivity contribution in [3.8, 4) is 6.01 Å². The van der Waals surface area contributed by atoms with Gasteiger partial charge < -0.3 is 9.47 Å². The number of nitrogens with one attached hydrogen (secondary N) is 1. The zero-order valence-corrected chi connectivity index (χ0v) is 8.57. The lowest BCUT2D eigenvalue weighted by Gasteiger charge is -2.02. The molecule has 1 aromatic rings. The highest BCUT2D eigenvalue weighted by Gasteiger charge is 2.07. The quantitative estimate of drug-likeness (QED) is 0.704. The Morgan fingerprint density at radius 2 is 2.33 bits per heavy atom. The topological polar surface area (TPSA) is 81.3 Å². The van der Waals surface area contributed by atoms with Gasteiger partial charge in [-0.1, -0.05) is 0 Å². The van der Waals surface area contributed by atoms with Crippen molar-refractivity contribution >= 4 is 5.97 Å². The van der Waals surface area contributed by atoms with E-state index in [-0.39, 0.29) is 18.0 Å². The number of carbonyl (C=O) groups excluding carboxylic acids is 1. The van der Waals surface area contributed by atoms with Crippen LogP contribution in [0.4, 0.5) is 0 Å². The molecule has 0 aromatic carbocycles. The summed E-state index contributed by atoms with van der Waals surface area (Å²) < 4.78 is 9.49. The van der Waals surface area contributed by atoms with E-state index in [0.29, 0.717) is 12.3 Å². The molecule has 1 N–H and O–H groups in total. The molecule has 6 heteroatoms. The highest BCUT2D eigenvalue weighted by molar-refractivity contribution is 5.71. The fourth-order valence-corrected chi connectivity index (χ4v) is 1.03. The number of rotatable bonds is 4. The van der Waals surface area contributed by atoms with Gasteiger partial charge in [0.1, 0.15) is 0 Å². The molecule has 1 rings (SSSR count). The van der Waals surface area contributed by atoms with E-state index in [2.05, 4.69) is 9.97 Å². The van der Waals surface area contributed by atoms with Crippen molar-refractivity contribution < 1.29 is 14.3 Å². The number of nitrogens with zero attached hydrogens (tertiary/aromatic N) is 1. The first-order valence-corrected chi connectivity index (χ1v) is 4.45. The second-order valence-electron chi connectivity index (χ2n) is 2.73. The zero-order valence-electron chi connectivity index (χ0n) is 8.57. The van der Waals surface area contributed by atoms with Crippen LogP contribution in [0, 0.1) is 0 Å². The molecule has 15 heavy (non-hydrogen) atoms. The van der Waals surface area contributed by atoms with Crippen LogP contribution in [0.3, 0.4) is 0 Å². The van der Waals surface area contributed by atoms with E-state index >= 15 is 0 Å². The second-order valence-corrected chi connectivity index (χ2v) is 2.73. The van der Waals surface area contributed by atoms with E-state index in [1.54, 1.807) is 6.92 Å². The lowest BCUT2D eigenvalue weighted by Crippen LogP contribution is -2.14. The number of esters is 1. The molecule has 0 aliphatic heterocycles. The molecule has 0 saturated heterocycles. The average molecular weight is 212 g/mol. The molecule has 0 aliphatic carbocycles. The van der Waals surface area contributed by atoms with Gasteiger partial charge in [0.2, 0.25) is 0 Å². The number of methoxy groups -OCH3 is 1. The van der Waals surface area contributed by atoms with Gasteiger partial charge in [-0.3, -0.25) is 14.6 Å². The maximum atomic E-state index is 11.1. The Bertz CT molecular complexity index is 399. The van der Waals surface area contributed by atoms with Crippen LogP contribution in [-0.2, 0) is 16.0 Å². The number of H-pyrrole nitrogens is 1. The summed E-state index contributed by atoms with van der Waals surface area (Å²) in [6.07, 6.45) is -0.0336. The number of aromatic nitrogens is 2. The number of hydrogen-bond donors (Lipinski definition) is 1. The fraction of sp³-hybridized carbons (Fsp3) is 0.444. The van der Waals surface area contributed by atoms with Gasteiger partial charge in [0.05, 0.1) is 25.8 Å². The van der Waals surface area contributed by atoms with Crippen molar-refractivity contribution in [3.63, 3.8) is 0 Å². The number of hydrogen-bond acceptors (Lipinski definition) is 5. The third-order valence-corrected chi connectivity index (χ3v) is 1.60. The third kappa shape index (κ3) is 3.41. The van der Waals surface area contributed by atoms with Crippen LogP contribution < -0.4 is 10.3 Å². The minimum absolute atomic E-state index is 0.0336. The molecule has 82 valence electrons. The molecule has 0 aliphatic rings. The minimum Gasteiger partial charge on any atom is -0.468 e. The fourth-order valence-electron chi connectivity index (χ4n) is 1.03. The summed E-state index contributed by atoms with van der Waals surface area (Å²) in [7, 11) is 1.38. The molecule has 1 heterocycles. The van der Waals surface area contributed by atoms with Gasteiger partial charge in [0.25, 0.3) is 11.6 Å². The van der Waals surface area contributed by atoms with Gasteiger partial charge in [0, 0.05) is 6.07 Å². The van der Waals surface area contributed by atoms with E-state index in [4.69, 9.17) is 9.47 Å². The van der Waals surface area contributed by atoms with Gasteiger partial charge in [-0.05, 0) is 6.92 Å². The van der Waals surface area contributed by atoms with Crippen LogP contribution in [-0.4, -0.2) is 29.7 Å². The molecular formula is C9H12N2O4. The summed E-state index contributed by atoms with van der Waals surface area (Å²) in [5.41, 5.74) is -0.0322. The molecule has 0 atom stereocenters. The molecule has 0 saturated carbocycles. The Morgan fingerprint density at radius 3 is 2.93 bits per heavy atom. The van der Waals surface area contributed by atoms with Crippen molar-refractivity contribution in [1.29, 1.82) is 0 Å². The van der Waals surface area contributed by atoms with Crippen LogP contribution >= 0.6 is 0 Å². The molecule has 6 nitrogen and oxygen atoms in total. The normalized spacial score (nSPS) is 9.73. The third-order valence-electron chi connectivity index (χ3n) is 1.60. The molecule has 1 aromatic heterocycles. The van der Waals surface area contributed by atoms with E-state index in [9.17, 15) is 9.59 Å². The Hall–Kier alpha value is -1.85. The van der Waals surface area contributed by atoms with E-state index in [1.165, 1.54) is 13.2 Å². The highest BCUT2D eigenvalue weighted by Crippen LogP contribution is 2.00. The van der Waals surface area contributed by atoms with Crippen molar-refractivity contribution in [2.24, 2.45) is 0 Å². The number of carbonyl (C=O) groups is 1. The van der Waals surface area contributed by atoms with Crippen LogP contribution in [0.25, 0.3) is 0 Å². The minimum atomic E-state index is -0.419. The SMILES string of the molecule is CCOC(=O)Cc1cc(=O)[nH]c(OC)n1. The first-order chi connectivity index (χ1) is 7.15. The van der Waals surface area contributed by atoms with Crippen LogP contribution in [0.5, 0.6) is 6.01 Å².